The molecule has 6 heteroatoms. The van der Waals surface area contributed by atoms with E-state index in [-0.39, 0.29) is 31.1 Å². The number of rotatable bonds is 50. The fourth-order valence-corrected chi connectivity index (χ4v) is 8.36. The molecule has 0 bridgehead atoms. The molecule has 0 aliphatic carbocycles. The van der Waals surface area contributed by atoms with Crippen molar-refractivity contribution in [3.63, 3.8) is 0 Å². The predicted molar refractivity (Wildman–Crippen MR) is 261 cm³/mol. The maximum atomic E-state index is 12.8. The largest absolute Gasteiger partial charge is 0.462 e. The molecule has 0 aromatic rings. The van der Waals surface area contributed by atoms with E-state index in [0.717, 1.165) is 63.7 Å². The van der Waals surface area contributed by atoms with E-state index in [0.29, 0.717) is 19.3 Å². The zero-order valence-corrected chi connectivity index (χ0v) is 41.6. The number of carbonyl (C=O) groups is 3. The van der Waals surface area contributed by atoms with Gasteiger partial charge < -0.3 is 14.2 Å². The fourth-order valence-electron chi connectivity index (χ4n) is 8.36. The van der Waals surface area contributed by atoms with Crippen molar-refractivity contribution in [1.29, 1.82) is 0 Å². The summed E-state index contributed by atoms with van der Waals surface area (Å²) in [6.07, 6.45) is 52.2. The maximum absolute atomic E-state index is 12.8. The summed E-state index contributed by atoms with van der Waals surface area (Å²) in [6, 6.07) is 0. The van der Waals surface area contributed by atoms with Crippen molar-refractivity contribution in [3.8, 4) is 0 Å². The summed E-state index contributed by atoms with van der Waals surface area (Å²) >= 11 is 0. The van der Waals surface area contributed by atoms with Crippen LogP contribution in [-0.2, 0) is 28.6 Å². The number of esters is 3. The van der Waals surface area contributed by atoms with Gasteiger partial charge in [-0.05, 0) is 25.2 Å². The molecule has 1 unspecified atom stereocenters. The van der Waals surface area contributed by atoms with E-state index in [1.165, 1.54) is 205 Å². The first-order valence-corrected chi connectivity index (χ1v) is 27.4. The van der Waals surface area contributed by atoms with Crippen LogP contribution < -0.4 is 0 Å². The van der Waals surface area contributed by atoms with Crippen molar-refractivity contribution >= 4 is 17.9 Å². The highest BCUT2D eigenvalue weighted by Gasteiger charge is 2.19. The Morgan fingerprint density at radius 3 is 0.852 bits per heavy atom. The molecule has 0 aromatic heterocycles. The van der Waals surface area contributed by atoms with Crippen molar-refractivity contribution in [2.24, 2.45) is 5.92 Å². The first kappa shape index (κ1) is 59.4. The molecule has 6 nitrogen and oxygen atoms in total. The molecule has 0 fully saturated rings. The van der Waals surface area contributed by atoms with Gasteiger partial charge in [-0.15, -0.1) is 0 Å². The molecule has 0 aromatic carbocycles. The molecule has 362 valence electrons. The van der Waals surface area contributed by atoms with Crippen molar-refractivity contribution in [2.45, 2.75) is 316 Å². The topological polar surface area (TPSA) is 78.9 Å². The van der Waals surface area contributed by atoms with E-state index in [1.54, 1.807) is 0 Å². The molecule has 2 atom stereocenters. The van der Waals surface area contributed by atoms with Gasteiger partial charge in [-0.3, -0.25) is 14.4 Å². The second-order valence-electron chi connectivity index (χ2n) is 19.1. The SMILES string of the molecule is CCCCCCCCCCCCCCCCC(=O)O[C@H](COC(=O)CCCCCCCCCCCCC)COC(=O)CCCCCCCCCCCCCCCCC(C)CC. The number of carbonyl (C=O) groups excluding carboxylic acids is 3. The Morgan fingerprint density at radius 1 is 0.328 bits per heavy atom. The van der Waals surface area contributed by atoms with Crippen LogP contribution in [0, 0.1) is 5.92 Å². The lowest BCUT2D eigenvalue weighted by molar-refractivity contribution is -0.167. The Balaban J connectivity index is 4.27. The van der Waals surface area contributed by atoms with Crippen molar-refractivity contribution in [1.82, 2.24) is 0 Å². The Morgan fingerprint density at radius 2 is 0.574 bits per heavy atom. The summed E-state index contributed by atoms with van der Waals surface area (Å²) in [5, 5.41) is 0. The van der Waals surface area contributed by atoms with E-state index in [9.17, 15) is 14.4 Å². The van der Waals surface area contributed by atoms with Gasteiger partial charge in [0.1, 0.15) is 13.2 Å². The number of hydrogen-bond acceptors (Lipinski definition) is 6. The standard InChI is InChI=1S/C55H106O6/c1-5-8-10-12-14-16-18-19-23-28-32-36-40-44-48-55(58)61-52(49-59-53(56)46-42-38-34-30-25-17-15-13-11-9-6-2)50-60-54(57)47-43-39-35-31-27-24-21-20-22-26-29-33-37-41-45-51(4)7-3/h51-52H,5-50H2,1-4H3/t51?,52-/m1/s1. The lowest BCUT2D eigenvalue weighted by atomic mass is 9.99. The molecule has 0 saturated carbocycles. The Labute approximate surface area is 380 Å². The summed E-state index contributed by atoms with van der Waals surface area (Å²) in [5.41, 5.74) is 0. The summed E-state index contributed by atoms with van der Waals surface area (Å²) in [6.45, 7) is 9.08. The van der Waals surface area contributed by atoms with Crippen LogP contribution in [0.3, 0.4) is 0 Å². The van der Waals surface area contributed by atoms with Gasteiger partial charge in [0.2, 0.25) is 0 Å². The third kappa shape index (κ3) is 47.7. The van der Waals surface area contributed by atoms with E-state index < -0.39 is 6.10 Å². The Hall–Kier alpha value is -1.59. The molecule has 0 radical (unpaired) electrons. The zero-order valence-electron chi connectivity index (χ0n) is 41.6. The lowest BCUT2D eigenvalue weighted by Gasteiger charge is -2.18. The summed E-state index contributed by atoms with van der Waals surface area (Å²) in [5.74, 6) is 0.0556. The van der Waals surface area contributed by atoms with E-state index in [1.807, 2.05) is 0 Å². The maximum Gasteiger partial charge on any atom is 0.306 e. The minimum absolute atomic E-state index is 0.0622. The van der Waals surface area contributed by atoms with Gasteiger partial charge in [-0.25, -0.2) is 0 Å². The first-order chi connectivity index (χ1) is 29.9. The van der Waals surface area contributed by atoms with Crippen LogP contribution >= 0.6 is 0 Å². The van der Waals surface area contributed by atoms with E-state index in [4.69, 9.17) is 14.2 Å². The number of ether oxygens (including phenoxy) is 3. The van der Waals surface area contributed by atoms with Crippen LogP contribution in [0.25, 0.3) is 0 Å². The van der Waals surface area contributed by atoms with Gasteiger partial charge >= 0.3 is 17.9 Å². The molecule has 0 spiro atoms. The molecule has 0 aliphatic heterocycles. The highest BCUT2D eigenvalue weighted by atomic mass is 16.6. The molecule has 0 heterocycles. The van der Waals surface area contributed by atoms with Gasteiger partial charge in [0, 0.05) is 19.3 Å². The smallest absolute Gasteiger partial charge is 0.306 e. The molecular formula is C55H106O6. The summed E-state index contributed by atoms with van der Waals surface area (Å²) in [7, 11) is 0. The number of unbranched alkanes of at least 4 members (excludes halogenated alkanes) is 36. The van der Waals surface area contributed by atoms with Crippen LogP contribution in [0.5, 0.6) is 0 Å². The molecule has 0 amide bonds. The van der Waals surface area contributed by atoms with Gasteiger partial charge in [-0.1, -0.05) is 272 Å². The van der Waals surface area contributed by atoms with Crippen LogP contribution in [0.2, 0.25) is 0 Å². The van der Waals surface area contributed by atoms with Crippen molar-refractivity contribution in [2.75, 3.05) is 13.2 Å². The van der Waals surface area contributed by atoms with Crippen LogP contribution in [0.1, 0.15) is 310 Å². The second kappa shape index (κ2) is 49.4. The zero-order chi connectivity index (χ0) is 44.5. The fraction of sp³-hybridized carbons (Fsp3) is 0.945. The van der Waals surface area contributed by atoms with Gasteiger partial charge in [0.25, 0.3) is 0 Å². The molecule has 61 heavy (non-hydrogen) atoms. The monoisotopic (exact) mass is 863 g/mol. The van der Waals surface area contributed by atoms with Crippen LogP contribution in [0.4, 0.5) is 0 Å². The average molecular weight is 863 g/mol. The lowest BCUT2D eigenvalue weighted by Crippen LogP contribution is -2.30. The molecule has 0 N–H and O–H groups in total. The second-order valence-corrected chi connectivity index (χ2v) is 19.1. The summed E-state index contributed by atoms with van der Waals surface area (Å²) < 4.78 is 16.8. The summed E-state index contributed by atoms with van der Waals surface area (Å²) in [4.78, 5) is 38.0. The third-order valence-electron chi connectivity index (χ3n) is 12.9. The van der Waals surface area contributed by atoms with Crippen molar-refractivity contribution in [3.05, 3.63) is 0 Å². The van der Waals surface area contributed by atoms with E-state index in [2.05, 4.69) is 27.7 Å². The highest BCUT2D eigenvalue weighted by molar-refractivity contribution is 5.71. The highest BCUT2D eigenvalue weighted by Crippen LogP contribution is 2.18. The normalized spacial score (nSPS) is 12.4. The quantitative estimate of drug-likeness (QED) is 0.0344. The van der Waals surface area contributed by atoms with Crippen LogP contribution in [-0.4, -0.2) is 37.2 Å². The third-order valence-corrected chi connectivity index (χ3v) is 12.9. The average Bonchev–Trinajstić information content (AvgIpc) is 3.26. The van der Waals surface area contributed by atoms with E-state index >= 15 is 0 Å². The molecule has 0 rings (SSSR count). The predicted octanol–water partition coefficient (Wildman–Crippen LogP) is 17.8. The Bertz CT molecular complexity index is 920. The number of hydrogen-bond donors (Lipinski definition) is 0. The molecule has 0 saturated heterocycles. The molecular weight excluding hydrogens is 757 g/mol. The van der Waals surface area contributed by atoms with Gasteiger partial charge in [0.05, 0.1) is 0 Å². The van der Waals surface area contributed by atoms with Gasteiger partial charge in [0.15, 0.2) is 6.10 Å². The van der Waals surface area contributed by atoms with Gasteiger partial charge in [-0.2, -0.15) is 0 Å². The minimum atomic E-state index is -0.760. The van der Waals surface area contributed by atoms with Crippen molar-refractivity contribution < 1.29 is 28.6 Å². The van der Waals surface area contributed by atoms with Crippen LogP contribution in [0.15, 0.2) is 0 Å². The molecule has 0 aliphatic rings. The first-order valence-electron chi connectivity index (χ1n) is 27.4. The Kier molecular flexibility index (Phi) is 48.1. The minimum Gasteiger partial charge on any atom is -0.462 e.